The van der Waals surface area contributed by atoms with Crippen molar-refractivity contribution in [3.8, 4) is 0 Å². The van der Waals surface area contributed by atoms with Crippen molar-refractivity contribution in [2.75, 3.05) is 13.7 Å². The predicted molar refractivity (Wildman–Crippen MR) is 108 cm³/mol. The summed E-state index contributed by atoms with van der Waals surface area (Å²) in [5.74, 6) is -0.931. The maximum atomic E-state index is 12.7. The number of hydrogen-bond acceptors (Lipinski definition) is 9. The number of thiazole rings is 1. The molecule has 0 spiro atoms. The lowest BCUT2D eigenvalue weighted by Gasteiger charge is -2.04. The van der Waals surface area contributed by atoms with Crippen LogP contribution in [0.3, 0.4) is 0 Å². The molecule has 160 valence electrons. The van der Waals surface area contributed by atoms with E-state index >= 15 is 0 Å². The van der Waals surface area contributed by atoms with Gasteiger partial charge in [-0.25, -0.2) is 0 Å². The van der Waals surface area contributed by atoms with Crippen LogP contribution in [-0.2, 0) is 11.3 Å². The summed E-state index contributed by atoms with van der Waals surface area (Å²) in [6, 6.07) is 6.71. The Morgan fingerprint density at radius 1 is 1.00 bits per heavy atom. The highest BCUT2D eigenvalue weighted by atomic mass is 32.1. The van der Waals surface area contributed by atoms with Gasteiger partial charge in [-0.1, -0.05) is 11.3 Å². The third kappa shape index (κ3) is 4.59. The molecule has 0 bridgehead atoms. The fraction of sp³-hybridized carbons (Fsp3) is 0.176. The van der Waals surface area contributed by atoms with Crippen molar-refractivity contribution in [1.29, 1.82) is 0 Å². The number of rotatable bonds is 7. The molecular weight excluding hydrogens is 434 g/mol. The number of methoxy groups -OCH3 is 1. The van der Waals surface area contributed by atoms with Gasteiger partial charge in [0.2, 0.25) is 0 Å². The minimum Gasteiger partial charge on any atom is -0.383 e. The van der Waals surface area contributed by atoms with Gasteiger partial charge in [0.05, 0.1) is 43.2 Å². The van der Waals surface area contributed by atoms with Gasteiger partial charge in [0.15, 0.2) is 4.80 Å². The van der Waals surface area contributed by atoms with Gasteiger partial charge in [-0.15, -0.1) is 0 Å². The average Bonchev–Trinajstić information content (AvgIpc) is 3.07. The van der Waals surface area contributed by atoms with Crippen molar-refractivity contribution in [3.63, 3.8) is 0 Å². The Morgan fingerprint density at radius 2 is 1.61 bits per heavy atom. The Balaban J connectivity index is 2.17. The van der Waals surface area contributed by atoms with Crippen LogP contribution in [0, 0.1) is 30.3 Å². The molecule has 2 aromatic carbocycles. The smallest absolute Gasteiger partial charge is 0.280 e. The first-order valence-electron chi connectivity index (χ1n) is 8.51. The van der Waals surface area contributed by atoms with Crippen LogP contribution in [0.2, 0.25) is 0 Å². The summed E-state index contributed by atoms with van der Waals surface area (Å²) < 4.78 is 7.20. The van der Waals surface area contributed by atoms with Crippen LogP contribution in [0.15, 0.2) is 41.4 Å². The third-order valence-electron chi connectivity index (χ3n) is 4.16. The van der Waals surface area contributed by atoms with Crippen molar-refractivity contribution in [3.05, 3.63) is 77.1 Å². The second-order valence-corrected chi connectivity index (χ2v) is 7.12. The molecule has 0 aliphatic carbocycles. The zero-order chi connectivity index (χ0) is 22.7. The topological polar surface area (TPSA) is 173 Å². The molecular formula is C17H13N5O8S. The van der Waals surface area contributed by atoms with E-state index in [4.69, 9.17) is 4.74 Å². The summed E-state index contributed by atoms with van der Waals surface area (Å²) in [5.41, 5.74) is -1.27. The van der Waals surface area contributed by atoms with Crippen molar-refractivity contribution in [2.24, 2.45) is 4.99 Å². The molecule has 0 N–H and O–H groups in total. The number of amides is 1. The highest BCUT2D eigenvalue weighted by Gasteiger charge is 2.20. The predicted octanol–water partition coefficient (Wildman–Crippen LogP) is 2.81. The van der Waals surface area contributed by atoms with Crippen LogP contribution in [0.5, 0.6) is 0 Å². The van der Waals surface area contributed by atoms with E-state index in [0.717, 1.165) is 29.5 Å². The van der Waals surface area contributed by atoms with E-state index in [1.165, 1.54) is 25.3 Å². The zero-order valence-corrected chi connectivity index (χ0v) is 16.6. The number of nitro benzene ring substituents is 3. The lowest BCUT2D eigenvalue weighted by molar-refractivity contribution is -0.394. The molecule has 1 amide bonds. The summed E-state index contributed by atoms with van der Waals surface area (Å²) >= 11 is 1.07. The van der Waals surface area contributed by atoms with Crippen molar-refractivity contribution in [1.82, 2.24) is 4.57 Å². The number of aromatic nitrogens is 1. The molecule has 0 aliphatic heterocycles. The molecule has 13 nitrogen and oxygen atoms in total. The SMILES string of the molecule is COCCn1c(=NC(=O)c2cc([N+](=O)[O-])cc([N+](=O)[O-])c2)sc2ccc([N+](=O)[O-])cc21. The van der Waals surface area contributed by atoms with Crippen LogP contribution in [0.25, 0.3) is 10.2 Å². The molecule has 0 aliphatic rings. The van der Waals surface area contributed by atoms with Gasteiger partial charge < -0.3 is 9.30 Å². The lowest BCUT2D eigenvalue weighted by Crippen LogP contribution is -2.19. The van der Waals surface area contributed by atoms with Crippen LogP contribution >= 0.6 is 11.3 Å². The molecule has 31 heavy (non-hydrogen) atoms. The molecule has 1 aromatic heterocycles. The first-order valence-corrected chi connectivity index (χ1v) is 9.32. The van der Waals surface area contributed by atoms with Gasteiger partial charge in [-0.05, 0) is 6.07 Å². The van der Waals surface area contributed by atoms with E-state index < -0.39 is 32.1 Å². The number of nitro groups is 3. The summed E-state index contributed by atoms with van der Waals surface area (Å²) in [5, 5.41) is 33.2. The lowest BCUT2D eigenvalue weighted by atomic mass is 10.1. The fourth-order valence-corrected chi connectivity index (χ4v) is 3.77. The Kier molecular flexibility index (Phi) is 6.12. The van der Waals surface area contributed by atoms with E-state index in [0.29, 0.717) is 10.2 Å². The van der Waals surface area contributed by atoms with Gasteiger partial charge in [0.25, 0.3) is 23.0 Å². The summed E-state index contributed by atoms with van der Waals surface area (Å²) in [6.07, 6.45) is 0. The maximum absolute atomic E-state index is 12.7. The summed E-state index contributed by atoms with van der Waals surface area (Å²) in [6.45, 7) is 0.442. The molecule has 3 rings (SSSR count). The highest BCUT2D eigenvalue weighted by Crippen LogP contribution is 2.25. The Morgan fingerprint density at radius 3 is 2.16 bits per heavy atom. The molecule has 0 atom stereocenters. The van der Waals surface area contributed by atoms with Gasteiger partial charge in [-0.3, -0.25) is 35.1 Å². The van der Waals surface area contributed by atoms with E-state index in [1.54, 1.807) is 4.57 Å². The van der Waals surface area contributed by atoms with Gasteiger partial charge in [0, 0.05) is 37.9 Å². The van der Waals surface area contributed by atoms with E-state index in [1.807, 2.05) is 0 Å². The van der Waals surface area contributed by atoms with Crippen LogP contribution in [0.4, 0.5) is 17.1 Å². The first-order chi connectivity index (χ1) is 14.7. The van der Waals surface area contributed by atoms with Gasteiger partial charge in [-0.2, -0.15) is 4.99 Å². The minimum absolute atomic E-state index is 0.149. The van der Waals surface area contributed by atoms with E-state index in [2.05, 4.69) is 4.99 Å². The second-order valence-electron chi connectivity index (χ2n) is 6.11. The Labute approximate surface area is 176 Å². The second kappa shape index (κ2) is 8.76. The van der Waals surface area contributed by atoms with Crippen molar-refractivity contribution < 1.29 is 24.3 Å². The Bertz CT molecular complexity index is 1260. The molecule has 0 saturated heterocycles. The number of nitrogens with zero attached hydrogens (tertiary/aromatic N) is 5. The van der Waals surface area contributed by atoms with Gasteiger partial charge >= 0.3 is 0 Å². The van der Waals surface area contributed by atoms with Crippen LogP contribution in [0.1, 0.15) is 10.4 Å². The molecule has 0 unspecified atom stereocenters. The number of ether oxygens (including phenoxy) is 1. The number of carbonyl (C=O) groups excluding carboxylic acids is 1. The normalized spacial score (nSPS) is 11.6. The standard InChI is InChI=1S/C17H13N5O8S/c1-30-5-4-19-14-9-11(20(24)25)2-3-15(14)31-17(19)18-16(23)10-6-12(21(26)27)8-13(7-10)22(28)29/h2-3,6-9H,4-5H2,1H3. The van der Waals surface area contributed by atoms with Crippen molar-refractivity contribution in [2.45, 2.75) is 6.54 Å². The Hall–Kier alpha value is -4.04. The van der Waals surface area contributed by atoms with Crippen molar-refractivity contribution >= 4 is 44.5 Å². The number of hydrogen-bond donors (Lipinski definition) is 0. The third-order valence-corrected chi connectivity index (χ3v) is 5.22. The number of benzene rings is 2. The summed E-state index contributed by atoms with van der Waals surface area (Å²) in [7, 11) is 1.46. The molecule has 0 saturated carbocycles. The molecule has 1 heterocycles. The maximum Gasteiger partial charge on any atom is 0.280 e. The molecule has 0 fully saturated rings. The highest BCUT2D eigenvalue weighted by molar-refractivity contribution is 7.16. The minimum atomic E-state index is -0.931. The number of fused-ring (bicyclic) bond motifs is 1. The number of non-ortho nitro benzene ring substituents is 3. The van der Waals surface area contributed by atoms with Gasteiger partial charge in [0.1, 0.15) is 0 Å². The zero-order valence-electron chi connectivity index (χ0n) is 15.8. The van der Waals surface area contributed by atoms with E-state index in [-0.39, 0.29) is 29.2 Å². The fourth-order valence-electron chi connectivity index (χ4n) is 2.74. The van der Waals surface area contributed by atoms with Crippen LogP contribution < -0.4 is 4.80 Å². The van der Waals surface area contributed by atoms with E-state index in [9.17, 15) is 35.1 Å². The molecule has 0 radical (unpaired) electrons. The quantitative estimate of drug-likeness (QED) is 0.392. The van der Waals surface area contributed by atoms with Crippen LogP contribution in [-0.4, -0.2) is 39.0 Å². The summed E-state index contributed by atoms with van der Waals surface area (Å²) in [4.78, 5) is 47.8. The molecule has 14 heteroatoms. The monoisotopic (exact) mass is 447 g/mol. The average molecular weight is 447 g/mol. The first kappa shape index (κ1) is 21.7. The molecule has 3 aromatic rings. The number of carbonyl (C=O) groups is 1. The largest absolute Gasteiger partial charge is 0.383 e.